The summed E-state index contributed by atoms with van der Waals surface area (Å²) in [7, 11) is 0. The van der Waals surface area contributed by atoms with E-state index in [0.717, 1.165) is 41.5 Å². The van der Waals surface area contributed by atoms with Crippen molar-refractivity contribution in [3.63, 3.8) is 0 Å². The molecule has 4 aromatic rings. The van der Waals surface area contributed by atoms with Crippen LogP contribution < -0.4 is 5.73 Å². The molecule has 0 aliphatic heterocycles. The van der Waals surface area contributed by atoms with Gasteiger partial charge in [0.1, 0.15) is 11.4 Å². The zero-order valence-corrected chi connectivity index (χ0v) is 17.7. The first-order valence-corrected chi connectivity index (χ1v) is 10.8. The number of primary amides is 1. The second kappa shape index (κ2) is 7.78. The van der Waals surface area contributed by atoms with Crippen LogP contribution in [0.1, 0.15) is 25.7 Å². The average molecular weight is 432 g/mol. The van der Waals surface area contributed by atoms with Crippen LogP contribution in [0.3, 0.4) is 0 Å². The quantitative estimate of drug-likeness (QED) is 0.472. The Balaban J connectivity index is 1.69. The van der Waals surface area contributed by atoms with Crippen molar-refractivity contribution >= 4 is 28.5 Å². The largest absolute Gasteiger partial charge is 0.370 e. The molecule has 0 atom stereocenters. The molecule has 1 aliphatic rings. The first-order chi connectivity index (χ1) is 15.1. The first-order valence-electron chi connectivity index (χ1n) is 10.4. The number of nitrogens with zero attached hydrogens (tertiary/aromatic N) is 4. The minimum absolute atomic E-state index is 0.176. The van der Waals surface area contributed by atoms with Gasteiger partial charge in [0.25, 0.3) is 0 Å². The number of benzene rings is 2. The van der Waals surface area contributed by atoms with Gasteiger partial charge in [0.15, 0.2) is 5.65 Å². The third-order valence-electron chi connectivity index (χ3n) is 6.14. The molecule has 2 aromatic heterocycles. The smallest absolute Gasteiger partial charge is 0.218 e. The molecule has 2 heterocycles. The highest BCUT2D eigenvalue weighted by Crippen LogP contribution is 2.46. The van der Waals surface area contributed by atoms with Crippen LogP contribution in [0.2, 0.25) is 5.02 Å². The molecule has 1 saturated carbocycles. The third-order valence-corrected chi connectivity index (χ3v) is 6.51. The number of nitrogens with two attached hydrogens (primary N) is 1. The van der Waals surface area contributed by atoms with Crippen molar-refractivity contribution in [3.8, 4) is 22.5 Å². The summed E-state index contributed by atoms with van der Waals surface area (Å²) in [5.74, 6) is -0.282. The fourth-order valence-corrected chi connectivity index (χ4v) is 4.78. The van der Waals surface area contributed by atoms with Crippen LogP contribution in [0.25, 0.3) is 33.5 Å². The lowest BCUT2D eigenvalue weighted by atomic mass is 9.66. The molecule has 1 amide bonds. The fraction of sp³-hybridized carbons (Fsp3) is 0.250. The maximum Gasteiger partial charge on any atom is 0.218 e. The van der Waals surface area contributed by atoms with Crippen molar-refractivity contribution in [3.05, 3.63) is 65.7 Å². The Morgan fingerprint density at radius 2 is 1.58 bits per heavy atom. The monoisotopic (exact) mass is 431 g/mol. The molecule has 0 bridgehead atoms. The van der Waals surface area contributed by atoms with E-state index in [9.17, 15) is 4.79 Å². The van der Waals surface area contributed by atoms with Crippen LogP contribution in [-0.2, 0) is 11.3 Å². The van der Waals surface area contributed by atoms with Gasteiger partial charge in [0.2, 0.25) is 5.91 Å². The van der Waals surface area contributed by atoms with E-state index in [2.05, 4.69) is 10.2 Å². The summed E-state index contributed by atoms with van der Waals surface area (Å²) in [6.45, 7) is 0.564. The van der Waals surface area contributed by atoms with E-state index in [4.69, 9.17) is 22.4 Å². The molecule has 1 fully saturated rings. The van der Waals surface area contributed by atoms with Gasteiger partial charge in [-0.2, -0.15) is 5.10 Å². The van der Waals surface area contributed by atoms with Crippen LogP contribution >= 0.6 is 11.6 Å². The number of halogens is 1. The normalized spacial score (nSPS) is 15.0. The van der Waals surface area contributed by atoms with Gasteiger partial charge in [-0.1, -0.05) is 78.7 Å². The van der Waals surface area contributed by atoms with Gasteiger partial charge >= 0.3 is 0 Å². The van der Waals surface area contributed by atoms with Crippen molar-refractivity contribution in [1.82, 2.24) is 20.0 Å². The molecule has 1 aliphatic carbocycles. The Morgan fingerprint density at radius 3 is 2.13 bits per heavy atom. The van der Waals surface area contributed by atoms with E-state index in [0.29, 0.717) is 29.3 Å². The van der Waals surface area contributed by atoms with Crippen LogP contribution in [0.4, 0.5) is 0 Å². The maximum atomic E-state index is 11.7. The lowest BCUT2D eigenvalue weighted by Crippen LogP contribution is -2.38. The number of carbonyl (C=O) groups is 1. The molecule has 156 valence electrons. The summed E-state index contributed by atoms with van der Waals surface area (Å²) in [5, 5.41) is 15.2. The highest BCUT2D eigenvalue weighted by molar-refractivity contribution is 6.38. The molecule has 0 spiro atoms. The number of amides is 1. The molecular weight excluding hydrogens is 410 g/mol. The molecule has 0 unspecified atom stereocenters. The standard InChI is InChI=1S/C24H22ClN5O/c25-20-19-21(16-8-3-1-4-9-16)29-30(15-24(12-7-13-24)14-18(26)31)23(19)28-27-22(20)17-10-5-2-6-11-17/h1-6,8-11H,7,12-15H2,(H2,26,31). The fourth-order valence-electron chi connectivity index (χ4n) is 4.46. The van der Waals surface area contributed by atoms with Crippen molar-refractivity contribution in [1.29, 1.82) is 0 Å². The number of fused-ring (bicyclic) bond motifs is 1. The van der Waals surface area contributed by atoms with E-state index in [1.54, 1.807) is 0 Å². The van der Waals surface area contributed by atoms with E-state index >= 15 is 0 Å². The van der Waals surface area contributed by atoms with Crippen molar-refractivity contribution in [2.45, 2.75) is 32.2 Å². The summed E-state index contributed by atoms with van der Waals surface area (Å²) >= 11 is 6.92. The molecular formula is C24H22ClN5O. The number of aromatic nitrogens is 4. The minimum Gasteiger partial charge on any atom is -0.370 e. The molecule has 7 heteroatoms. The van der Waals surface area contributed by atoms with Crippen molar-refractivity contribution < 1.29 is 4.79 Å². The molecule has 6 nitrogen and oxygen atoms in total. The zero-order valence-electron chi connectivity index (χ0n) is 17.0. The Labute approximate surface area is 185 Å². The number of carbonyl (C=O) groups excluding carboxylic acids is 1. The molecule has 0 saturated heterocycles. The molecule has 31 heavy (non-hydrogen) atoms. The van der Waals surface area contributed by atoms with Gasteiger partial charge in [-0.05, 0) is 18.3 Å². The van der Waals surface area contributed by atoms with Gasteiger partial charge in [-0.15, -0.1) is 10.2 Å². The number of rotatable bonds is 6. The number of hydrogen-bond acceptors (Lipinski definition) is 4. The Bertz CT molecular complexity index is 1250. The summed E-state index contributed by atoms with van der Waals surface area (Å²) < 4.78 is 1.85. The van der Waals surface area contributed by atoms with E-state index in [1.807, 2.05) is 65.3 Å². The predicted octanol–water partition coefficient (Wildman–Crippen LogP) is 4.86. The SMILES string of the molecule is NC(=O)CC1(Cn2nc(-c3ccccc3)c3c(Cl)c(-c4ccccc4)nnc32)CCC1. The Morgan fingerprint density at radius 1 is 0.968 bits per heavy atom. The lowest BCUT2D eigenvalue weighted by Gasteiger charge is -2.41. The van der Waals surface area contributed by atoms with Crippen LogP contribution in [-0.4, -0.2) is 25.9 Å². The van der Waals surface area contributed by atoms with Crippen LogP contribution in [0.15, 0.2) is 60.7 Å². The van der Waals surface area contributed by atoms with Crippen molar-refractivity contribution in [2.24, 2.45) is 11.1 Å². The second-order valence-electron chi connectivity index (χ2n) is 8.30. The first kappa shape index (κ1) is 19.7. The van der Waals surface area contributed by atoms with Gasteiger partial charge < -0.3 is 5.73 Å². The average Bonchev–Trinajstić information content (AvgIpc) is 3.12. The number of hydrogen-bond donors (Lipinski definition) is 1. The third kappa shape index (κ3) is 3.57. The zero-order chi connectivity index (χ0) is 21.4. The van der Waals surface area contributed by atoms with E-state index < -0.39 is 0 Å². The predicted molar refractivity (Wildman–Crippen MR) is 121 cm³/mol. The summed E-state index contributed by atoms with van der Waals surface area (Å²) in [6.07, 6.45) is 3.32. The van der Waals surface area contributed by atoms with Gasteiger partial charge in [-0.3, -0.25) is 4.79 Å². The maximum absolute atomic E-state index is 11.7. The van der Waals surface area contributed by atoms with Crippen LogP contribution in [0, 0.1) is 5.41 Å². The second-order valence-corrected chi connectivity index (χ2v) is 8.67. The minimum atomic E-state index is -0.282. The highest BCUT2D eigenvalue weighted by atomic mass is 35.5. The molecule has 2 N–H and O–H groups in total. The Hall–Kier alpha value is -3.25. The Kier molecular flexibility index (Phi) is 4.94. The van der Waals surface area contributed by atoms with Gasteiger partial charge in [0, 0.05) is 24.1 Å². The lowest BCUT2D eigenvalue weighted by molar-refractivity contribution is -0.122. The summed E-state index contributed by atoms with van der Waals surface area (Å²) in [6, 6.07) is 19.7. The van der Waals surface area contributed by atoms with Crippen molar-refractivity contribution in [2.75, 3.05) is 0 Å². The highest BCUT2D eigenvalue weighted by Gasteiger charge is 2.40. The summed E-state index contributed by atoms with van der Waals surface area (Å²) in [5.41, 5.74) is 9.24. The molecule has 0 radical (unpaired) electrons. The van der Waals surface area contributed by atoms with Crippen LogP contribution in [0.5, 0.6) is 0 Å². The molecule has 5 rings (SSSR count). The topological polar surface area (TPSA) is 86.7 Å². The van der Waals surface area contributed by atoms with Gasteiger partial charge in [0.05, 0.1) is 10.4 Å². The van der Waals surface area contributed by atoms with Gasteiger partial charge in [-0.25, -0.2) is 4.68 Å². The van der Waals surface area contributed by atoms with E-state index in [-0.39, 0.29) is 11.3 Å². The summed E-state index contributed by atoms with van der Waals surface area (Å²) in [4.78, 5) is 11.7. The molecule has 2 aromatic carbocycles. The van der Waals surface area contributed by atoms with E-state index in [1.165, 1.54) is 0 Å².